The number of carbonyl (C=O) groups is 2. The summed E-state index contributed by atoms with van der Waals surface area (Å²) in [7, 11) is 0. The summed E-state index contributed by atoms with van der Waals surface area (Å²) in [6.45, 7) is 8.57. The summed E-state index contributed by atoms with van der Waals surface area (Å²) in [5.41, 5.74) is -1.32. The van der Waals surface area contributed by atoms with Crippen LogP contribution < -0.4 is 10.2 Å². The molecule has 3 aliphatic rings. The molecule has 0 radical (unpaired) electrons. The average Bonchev–Trinajstić information content (AvgIpc) is 2.66. The zero-order valence-electron chi connectivity index (χ0n) is 19.0. The van der Waals surface area contributed by atoms with E-state index in [4.69, 9.17) is 4.74 Å². The molecule has 3 fully saturated rings. The smallest absolute Gasteiger partial charge is 0.419 e. The van der Waals surface area contributed by atoms with E-state index in [0.717, 1.165) is 25.2 Å². The number of anilines is 1. The molecule has 1 aromatic heterocycles. The highest BCUT2D eigenvalue weighted by molar-refractivity contribution is 5.75. The van der Waals surface area contributed by atoms with Crippen LogP contribution >= 0.6 is 0 Å². The van der Waals surface area contributed by atoms with E-state index in [2.05, 4.69) is 15.3 Å². The van der Waals surface area contributed by atoms with Crippen LogP contribution in [0.2, 0.25) is 0 Å². The van der Waals surface area contributed by atoms with Gasteiger partial charge in [-0.25, -0.2) is 19.6 Å². The molecule has 2 aliphatic heterocycles. The van der Waals surface area contributed by atoms with Crippen LogP contribution in [0.15, 0.2) is 12.4 Å². The Kier molecular flexibility index (Phi) is 5.81. The molecule has 12 heteroatoms. The zero-order valence-corrected chi connectivity index (χ0v) is 19.0. The third-order valence-corrected chi connectivity index (χ3v) is 6.21. The van der Waals surface area contributed by atoms with E-state index in [-0.39, 0.29) is 29.5 Å². The Bertz CT molecular complexity index is 880. The van der Waals surface area contributed by atoms with Gasteiger partial charge in [0, 0.05) is 63.1 Å². The van der Waals surface area contributed by atoms with Gasteiger partial charge in [-0.1, -0.05) is 0 Å². The van der Waals surface area contributed by atoms with Crippen molar-refractivity contribution < 1.29 is 27.5 Å². The number of piperazine rings is 1. The van der Waals surface area contributed by atoms with Crippen LogP contribution in [-0.4, -0.2) is 82.8 Å². The molecule has 2 saturated heterocycles. The summed E-state index contributed by atoms with van der Waals surface area (Å²) in [6.07, 6.45) is -1.55. The molecular formula is C21H29F3N6O3. The second-order valence-corrected chi connectivity index (χ2v) is 10.1. The molecule has 1 aromatic rings. The predicted molar refractivity (Wildman–Crippen MR) is 113 cm³/mol. The van der Waals surface area contributed by atoms with Gasteiger partial charge in [-0.2, -0.15) is 13.2 Å². The lowest BCUT2D eigenvalue weighted by molar-refractivity contribution is -0.138. The van der Waals surface area contributed by atoms with Crippen LogP contribution in [0, 0.1) is 5.41 Å². The first kappa shape index (κ1) is 23.4. The third-order valence-electron chi connectivity index (χ3n) is 6.21. The lowest BCUT2D eigenvalue weighted by Crippen LogP contribution is -2.68. The summed E-state index contributed by atoms with van der Waals surface area (Å²) >= 11 is 0. The van der Waals surface area contributed by atoms with Gasteiger partial charge in [0.05, 0.1) is 5.56 Å². The van der Waals surface area contributed by atoms with Crippen molar-refractivity contribution in [2.45, 2.75) is 51.4 Å². The molecule has 0 bridgehead atoms. The van der Waals surface area contributed by atoms with Crippen LogP contribution in [0.5, 0.6) is 0 Å². The van der Waals surface area contributed by atoms with E-state index in [1.807, 2.05) is 20.8 Å². The average molecular weight is 470 g/mol. The van der Waals surface area contributed by atoms with Crippen LogP contribution in [0.3, 0.4) is 0 Å². The first-order valence-electron chi connectivity index (χ1n) is 11.0. The fraction of sp³-hybridized carbons (Fsp3) is 0.714. The van der Waals surface area contributed by atoms with E-state index in [1.54, 1.807) is 14.7 Å². The molecule has 3 amide bonds. The van der Waals surface area contributed by atoms with E-state index >= 15 is 0 Å². The van der Waals surface area contributed by atoms with E-state index in [9.17, 15) is 22.8 Å². The Morgan fingerprint density at radius 1 is 1.03 bits per heavy atom. The van der Waals surface area contributed by atoms with E-state index in [1.165, 1.54) is 0 Å². The standard InChI is InChI=1S/C21H29F3N6O3/c1-19(2,3)33-18(32)30-12-20(13-30)8-15(9-20)27-17(31)29-6-4-28(5-7-29)16-25-10-14(11-26-16)21(22,23)24/h10-11,15H,4-9,12-13H2,1-3H3,(H,27,31). The maximum atomic E-state index is 12.7. The number of urea groups is 1. The lowest BCUT2D eigenvalue weighted by atomic mass is 9.61. The van der Waals surface area contributed by atoms with Crippen molar-refractivity contribution in [1.29, 1.82) is 0 Å². The Morgan fingerprint density at radius 3 is 2.12 bits per heavy atom. The van der Waals surface area contributed by atoms with Gasteiger partial charge >= 0.3 is 18.3 Å². The van der Waals surface area contributed by atoms with E-state index < -0.39 is 17.3 Å². The Labute approximate surface area is 190 Å². The summed E-state index contributed by atoms with van der Waals surface area (Å²) in [5, 5.41) is 3.05. The lowest BCUT2D eigenvalue weighted by Gasteiger charge is -2.58. The normalized spacial score (nSPS) is 20.8. The van der Waals surface area contributed by atoms with Crippen LogP contribution in [-0.2, 0) is 10.9 Å². The van der Waals surface area contributed by atoms with Crippen molar-refractivity contribution in [3.05, 3.63) is 18.0 Å². The third kappa shape index (κ3) is 5.25. The molecule has 3 heterocycles. The second kappa shape index (κ2) is 8.21. The number of halogens is 3. The number of nitrogens with one attached hydrogen (secondary N) is 1. The molecular weight excluding hydrogens is 441 g/mol. The van der Waals surface area contributed by atoms with Gasteiger partial charge in [0.25, 0.3) is 0 Å². The fourth-order valence-corrected chi connectivity index (χ4v) is 4.57. The van der Waals surface area contributed by atoms with Crippen molar-refractivity contribution in [2.75, 3.05) is 44.2 Å². The fourth-order valence-electron chi connectivity index (χ4n) is 4.57. The van der Waals surface area contributed by atoms with Gasteiger partial charge in [-0.05, 0) is 33.6 Å². The molecule has 1 N–H and O–H groups in total. The summed E-state index contributed by atoms with van der Waals surface area (Å²) in [5.74, 6) is 0.225. The number of alkyl halides is 3. The largest absolute Gasteiger partial charge is 0.444 e. The zero-order chi connectivity index (χ0) is 24.0. The van der Waals surface area contributed by atoms with Gasteiger partial charge in [-0.15, -0.1) is 0 Å². The van der Waals surface area contributed by atoms with Gasteiger partial charge in [-0.3, -0.25) is 0 Å². The topological polar surface area (TPSA) is 90.9 Å². The molecule has 1 spiro atoms. The van der Waals surface area contributed by atoms with Crippen molar-refractivity contribution in [1.82, 2.24) is 25.1 Å². The van der Waals surface area contributed by atoms with Gasteiger partial charge in [0.2, 0.25) is 5.95 Å². The number of amides is 3. The maximum Gasteiger partial charge on any atom is 0.419 e. The van der Waals surface area contributed by atoms with E-state index in [0.29, 0.717) is 39.3 Å². The first-order chi connectivity index (χ1) is 15.3. The number of likely N-dealkylation sites (tertiary alicyclic amines) is 1. The number of aromatic nitrogens is 2. The highest BCUT2D eigenvalue weighted by atomic mass is 19.4. The van der Waals surface area contributed by atoms with Crippen molar-refractivity contribution in [3.63, 3.8) is 0 Å². The summed E-state index contributed by atoms with van der Waals surface area (Å²) in [6, 6.07) is -0.0688. The Hall–Kier alpha value is -2.79. The van der Waals surface area contributed by atoms with Crippen molar-refractivity contribution in [2.24, 2.45) is 5.41 Å². The number of nitrogens with zero attached hydrogens (tertiary/aromatic N) is 5. The van der Waals surface area contributed by atoms with Crippen molar-refractivity contribution >= 4 is 18.1 Å². The number of ether oxygens (including phenoxy) is 1. The molecule has 4 rings (SSSR count). The molecule has 0 unspecified atom stereocenters. The maximum absolute atomic E-state index is 12.7. The quantitative estimate of drug-likeness (QED) is 0.715. The Morgan fingerprint density at radius 2 is 1.61 bits per heavy atom. The van der Waals surface area contributed by atoms with Gasteiger partial charge in [0.15, 0.2) is 0 Å². The minimum Gasteiger partial charge on any atom is -0.444 e. The summed E-state index contributed by atoms with van der Waals surface area (Å²) < 4.78 is 43.4. The minimum absolute atomic E-state index is 0.0768. The van der Waals surface area contributed by atoms with Gasteiger partial charge < -0.3 is 24.8 Å². The van der Waals surface area contributed by atoms with Crippen LogP contribution in [0.1, 0.15) is 39.2 Å². The number of carbonyl (C=O) groups excluding carboxylic acids is 2. The molecule has 33 heavy (non-hydrogen) atoms. The molecule has 1 saturated carbocycles. The Balaban J connectivity index is 1.17. The predicted octanol–water partition coefficient (Wildman–Crippen LogP) is 2.73. The molecule has 1 aliphatic carbocycles. The monoisotopic (exact) mass is 470 g/mol. The minimum atomic E-state index is -4.47. The van der Waals surface area contributed by atoms with Crippen LogP contribution in [0.25, 0.3) is 0 Å². The SMILES string of the molecule is CC(C)(C)OC(=O)N1CC2(CC(NC(=O)N3CCN(c4ncc(C(F)(F)F)cn4)CC3)C2)C1. The second-order valence-electron chi connectivity index (χ2n) is 10.1. The number of hydrogen-bond acceptors (Lipinski definition) is 6. The molecule has 0 aromatic carbocycles. The molecule has 182 valence electrons. The highest BCUT2D eigenvalue weighted by Crippen LogP contribution is 2.48. The van der Waals surface area contributed by atoms with Gasteiger partial charge in [0.1, 0.15) is 5.60 Å². The number of rotatable bonds is 2. The van der Waals surface area contributed by atoms with Crippen LogP contribution in [0.4, 0.5) is 28.7 Å². The summed E-state index contributed by atoms with van der Waals surface area (Å²) in [4.78, 5) is 37.5. The van der Waals surface area contributed by atoms with Crippen molar-refractivity contribution in [3.8, 4) is 0 Å². The first-order valence-corrected chi connectivity index (χ1v) is 11.0. The molecule has 9 nitrogen and oxygen atoms in total. The highest BCUT2D eigenvalue weighted by Gasteiger charge is 2.55. The number of hydrogen-bond donors (Lipinski definition) is 1. The molecule has 0 atom stereocenters.